The van der Waals surface area contributed by atoms with Gasteiger partial charge in [-0.25, -0.2) is 0 Å². The van der Waals surface area contributed by atoms with Crippen LogP contribution in [-0.4, -0.2) is 18.0 Å². The first-order valence-electron chi connectivity index (χ1n) is 21.6. The summed E-state index contributed by atoms with van der Waals surface area (Å²) in [6, 6.07) is 26.4. The molecule has 6 aromatic heterocycles. The van der Waals surface area contributed by atoms with Gasteiger partial charge in [-0.05, 0) is 145 Å². The monoisotopic (exact) mass is 930 g/mol. The zero-order chi connectivity index (χ0) is 43.4. The number of hydrogen-bond donors (Lipinski definition) is 0. The van der Waals surface area contributed by atoms with Gasteiger partial charge in [0.2, 0.25) is 5.78 Å². The average molecular weight is 931 g/mol. The molecule has 1 saturated heterocycles. The molecule has 2 bridgehead atoms. The first-order valence-corrected chi connectivity index (χ1v) is 26.6. The molecule has 6 aromatic rings. The van der Waals surface area contributed by atoms with Gasteiger partial charge in [-0.1, -0.05) is 91.8 Å². The van der Waals surface area contributed by atoms with Crippen molar-refractivity contribution in [2.75, 3.05) is 0 Å². The molecule has 0 N–H and O–H groups in total. The minimum absolute atomic E-state index is 0.0822. The molecule has 0 radical (unpaired) electrons. The molecule has 2 nitrogen and oxygen atoms in total. The van der Waals surface area contributed by atoms with Gasteiger partial charge in [-0.15, -0.1) is 68.0 Å². The molecule has 6 aliphatic rings. The van der Waals surface area contributed by atoms with Crippen LogP contribution in [0.3, 0.4) is 0 Å². The summed E-state index contributed by atoms with van der Waals surface area (Å²) in [4.78, 5) is 27.0. The van der Waals surface area contributed by atoms with Gasteiger partial charge in [0.25, 0.3) is 0 Å². The van der Waals surface area contributed by atoms with E-state index in [0.717, 1.165) is 15.3 Å². The summed E-state index contributed by atoms with van der Waals surface area (Å²) >= 11 is 10.7. The summed E-state index contributed by atoms with van der Waals surface area (Å²) in [6.45, 7) is 19.0. The molecule has 12 rings (SSSR count). The topological polar surface area (TPSA) is 26.3 Å². The molecule has 2 unspecified atom stereocenters. The van der Waals surface area contributed by atoms with Gasteiger partial charge < -0.3 is 4.74 Å². The molecule has 0 spiro atoms. The molecule has 2 aliphatic heterocycles. The lowest BCUT2D eigenvalue weighted by Gasteiger charge is -2.60. The predicted octanol–water partition coefficient (Wildman–Crippen LogP) is 17.2. The summed E-state index contributed by atoms with van der Waals surface area (Å²) in [7, 11) is 0. The van der Waals surface area contributed by atoms with E-state index in [0.29, 0.717) is 0 Å². The third-order valence-corrected chi connectivity index (χ3v) is 21.1. The Morgan fingerprint density at radius 3 is 1.63 bits per heavy atom. The quantitative estimate of drug-likeness (QED) is 0.149. The van der Waals surface area contributed by atoms with Crippen LogP contribution in [0.1, 0.15) is 69.9 Å². The van der Waals surface area contributed by atoms with E-state index in [2.05, 4.69) is 169 Å². The smallest absolute Gasteiger partial charge is 0.201 e. The Morgan fingerprint density at radius 2 is 1.06 bits per heavy atom. The highest BCUT2D eigenvalue weighted by atomic mass is 32.1. The Kier molecular flexibility index (Phi) is 8.87. The zero-order valence-corrected chi connectivity index (χ0v) is 41.4. The number of Topliss-reactive ketones (excluding diaryl/α,β-unsaturated/α-hetero) is 1. The molecule has 8 heteroatoms. The van der Waals surface area contributed by atoms with E-state index in [1.54, 1.807) is 45.3 Å². The van der Waals surface area contributed by atoms with Gasteiger partial charge in [0.1, 0.15) is 12.2 Å². The van der Waals surface area contributed by atoms with Gasteiger partial charge in [0.15, 0.2) is 0 Å². The van der Waals surface area contributed by atoms with Crippen LogP contribution in [0.5, 0.6) is 0 Å². The second-order valence-electron chi connectivity index (χ2n) is 19.8. The first kappa shape index (κ1) is 40.3. The van der Waals surface area contributed by atoms with Crippen molar-refractivity contribution in [3.05, 3.63) is 180 Å². The third-order valence-electron chi connectivity index (χ3n) is 14.2. The summed E-state index contributed by atoms with van der Waals surface area (Å²) in [5, 5.41) is 4.28. The molecular weight excluding hydrogens is 885 g/mol. The molecule has 4 atom stereocenters. The molecule has 314 valence electrons. The highest BCUT2D eigenvalue weighted by Gasteiger charge is 2.64. The number of carbonyl (C=O) groups is 1. The van der Waals surface area contributed by atoms with E-state index in [4.69, 9.17) is 4.74 Å². The van der Waals surface area contributed by atoms with E-state index in [1.807, 2.05) is 28.7 Å². The standard InChI is InChI=1S/C55H46O2S6/c1-52(2,3)29-23-31-24-32(38-13-14-43(60-38)44-17-15-41(61-44)39-11-9-21-58-39)34-25-30(53(4,5)6)27-35-48-37-28-33(51(57-37)49(48)36(26-29)54(31,7)55(34,35)8)50(56)47-20-19-46(63-47)45-18-16-42(62-45)40-12-10-22-59-40/h9-28,37,51H,1-8H3/t37?,51?,54-,55-/m0/s1. The Morgan fingerprint density at radius 1 is 0.556 bits per heavy atom. The number of fused-ring (bicyclic) bond motifs is 5. The fourth-order valence-electron chi connectivity index (χ4n) is 10.6. The first-order chi connectivity index (χ1) is 30.1. The largest absolute Gasteiger partial charge is 0.357 e. The third kappa shape index (κ3) is 5.88. The fraction of sp³-hybridized carbons (Fsp3) is 0.255. The predicted molar refractivity (Wildman–Crippen MR) is 272 cm³/mol. The van der Waals surface area contributed by atoms with Crippen LogP contribution >= 0.6 is 68.0 Å². The maximum absolute atomic E-state index is 14.8. The van der Waals surface area contributed by atoms with Crippen molar-refractivity contribution in [1.82, 2.24) is 0 Å². The van der Waals surface area contributed by atoms with Crippen molar-refractivity contribution in [2.45, 2.75) is 67.6 Å². The normalized spacial score (nSPS) is 24.8. The number of hydrogen-bond acceptors (Lipinski definition) is 8. The summed E-state index contributed by atoms with van der Waals surface area (Å²) in [6.07, 6.45) is 14.0. The van der Waals surface area contributed by atoms with Gasteiger partial charge in [0.05, 0.1) is 4.88 Å². The highest BCUT2D eigenvalue weighted by Crippen LogP contribution is 2.73. The van der Waals surface area contributed by atoms with Crippen molar-refractivity contribution in [2.24, 2.45) is 21.7 Å². The number of ether oxygens (including phenoxy) is 1. The fourth-order valence-corrected chi connectivity index (χ4v) is 16.4. The van der Waals surface area contributed by atoms with Crippen LogP contribution in [0.25, 0.3) is 44.6 Å². The van der Waals surface area contributed by atoms with Crippen LogP contribution in [0, 0.1) is 21.7 Å². The summed E-state index contributed by atoms with van der Waals surface area (Å²) in [5.74, 6) is 0.0822. The SMILES string of the molecule is CC(C)(C)C1=CC2=C3C(=C4C=C(C(C)(C)C)C=C5C=C(c6ccc(-c7ccc(-c8cccs8)s7)s6)C(=C1)[C@]2(C)[C@@]54C)C1OC3C=C1C(=O)c1ccc(-c2ccc(-c3cccs3)s2)s1. The van der Waals surface area contributed by atoms with Gasteiger partial charge >= 0.3 is 0 Å². The van der Waals surface area contributed by atoms with Crippen molar-refractivity contribution in [3.8, 4) is 39.0 Å². The lowest BCUT2D eigenvalue weighted by molar-refractivity contribution is 0.0975. The molecular formula is C55H46O2S6. The van der Waals surface area contributed by atoms with Gasteiger partial charge in [0, 0.05) is 60.3 Å². The lowest BCUT2D eigenvalue weighted by Crippen LogP contribution is -2.51. The van der Waals surface area contributed by atoms with E-state index < -0.39 is 11.5 Å². The zero-order valence-electron chi connectivity index (χ0n) is 36.5. The summed E-state index contributed by atoms with van der Waals surface area (Å²) in [5.41, 5.74) is 11.6. The average Bonchev–Trinajstić information content (AvgIpc) is 4.08. The van der Waals surface area contributed by atoms with E-state index in [-0.39, 0.29) is 28.1 Å². The van der Waals surface area contributed by atoms with Gasteiger partial charge in [-0.3, -0.25) is 4.79 Å². The van der Waals surface area contributed by atoms with Crippen molar-refractivity contribution in [1.29, 1.82) is 0 Å². The summed E-state index contributed by atoms with van der Waals surface area (Å²) < 4.78 is 7.09. The molecule has 63 heavy (non-hydrogen) atoms. The number of carbonyl (C=O) groups excluding carboxylic acids is 1. The second-order valence-corrected chi connectivity index (χ2v) is 26.0. The van der Waals surface area contributed by atoms with Crippen molar-refractivity contribution in [3.63, 3.8) is 0 Å². The van der Waals surface area contributed by atoms with Crippen LogP contribution in [0.15, 0.2) is 170 Å². The minimum atomic E-state index is -0.424. The Bertz CT molecular complexity index is 3200. The Balaban J connectivity index is 0.999. The molecule has 8 heterocycles. The highest BCUT2D eigenvalue weighted by molar-refractivity contribution is 7.27. The van der Waals surface area contributed by atoms with E-state index in [1.165, 1.54) is 89.2 Å². The molecule has 0 saturated carbocycles. The maximum Gasteiger partial charge on any atom is 0.201 e. The van der Waals surface area contributed by atoms with Crippen molar-refractivity contribution < 1.29 is 9.53 Å². The van der Waals surface area contributed by atoms with E-state index in [9.17, 15) is 4.79 Å². The van der Waals surface area contributed by atoms with Gasteiger partial charge in [-0.2, -0.15) is 0 Å². The van der Waals surface area contributed by atoms with Crippen LogP contribution < -0.4 is 0 Å². The number of thiophene rings is 6. The maximum atomic E-state index is 14.8. The minimum Gasteiger partial charge on any atom is -0.357 e. The molecule has 4 aliphatic carbocycles. The van der Waals surface area contributed by atoms with E-state index >= 15 is 0 Å². The van der Waals surface area contributed by atoms with Crippen LogP contribution in [0.4, 0.5) is 0 Å². The lowest BCUT2D eigenvalue weighted by atomic mass is 9.42. The van der Waals surface area contributed by atoms with Crippen molar-refractivity contribution >= 4 is 79.4 Å². The van der Waals surface area contributed by atoms with Crippen LogP contribution in [-0.2, 0) is 4.74 Å². The Hall–Kier alpha value is -4.25. The molecule has 0 aromatic carbocycles. The Labute approximate surface area is 394 Å². The molecule has 0 amide bonds. The molecule has 1 fully saturated rings. The second kappa shape index (κ2) is 13.9. The number of rotatable bonds is 7. The number of ketones is 1. The number of allylic oxidation sites excluding steroid dienone is 12. The van der Waals surface area contributed by atoms with Crippen LogP contribution in [0.2, 0.25) is 0 Å².